The van der Waals surface area contributed by atoms with Crippen molar-refractivity contribution in [3.63, 3.8) is 0 Å². The van der Waals surface area contributed by atoms with E-state index in [9.17, 15) is 0 Å². The first-order chi connectivity index (χ1) is 10.2. The molecule has 110 valence electrons. The van der Waals surface area contributed by atoms with Gasteiger partial charge in [-0.2, -0.15) is 5.26 Å². The summed E-state index contributed by atoms with van der Waals surface area (Å²) in [5, 5.41) is 17.7. The van der Waals surface area contributed by atoms with Gasteiger partial charge in [0.25, 0.3) is 0 Å². The molecule has 0 amide bonds. The van der Waals surface area contributed by atoms with E-state index in [1.54, 1.807) is 23.1 Å². The second kappa shape index (κ2) is 7.86. The summed E-state index contributed by atoms with van der Waals surface area (Å²) in [6, 6.07) is 9.75. The van der Waals surface area contributed by atoms with Gasteiger partial charge in [-0.15, -0.1) is 10.2 Å². The molecule has 0 aliphatic heterocycles. The van der Waals surface area contributed by atoms with Crippen LogP contribution in [-0.2, 0) is 6.42 Å². The Morgan fingerprint density at radius 2 is 2.05 bits per heavy atom. The lowest BCUT2D eigenvalue weighted by atomic mass is 10.2. The van der Waals surface area contributed by atoms with Gasteiger partial charge in [0.1, 0.15) is 5.75 Å². The summed E-state index contributed by atoms with van der Waals surface area (Å²) in [5.74, 6) is 1.64. The van der Waals surface area contributed by atoms with E-state index in [0.717, 1.165) is 26.5 Å². The second-order valence-electron chi connectivity index (χ2n) is 4.42. The second-order valence-corrected chi connectivity index (χ2v) is 6.72. The number of ether oxygens (including phenoxy) is 1. The van der Waals surface area contributed by atoms with E-state index in [-0.39, 0.29) is 0 Å². The number of hydrogen-bond acceptors (Lipinski definition) is 7. The molecule has 0 spiro atoms. The lowest BCUT2D eigenvalue weighted by Crippen LogP contribution is -2.07. The smallest absolute Gasteiger partial charge is 0.208 e. The lowest BCUT2D eigenvalue weighted by Gasteiger charge is -2.05. The molecule has 5 nitrogen and oxygen atoms in total. The molecule has 0 atom stereocenters. The highest BCUT2D eigenvalue weighted by Crippen LogP contribution is 2.26. The van der Waals surface area contributed by atoms with E-state index in [0.29, 0.717) is 13.0 Å². The maximum absolute atomic E-state index is 8.61. The summed E-state index contributed by atoms with van der Waals surface area (Å²) >= 11 is 3.21. The van der Waals surface area contributed by atoms with Crippen LogP contribution in [0.3, 0.4) is 0 Å². The summed E-state index contributed by atoms with van der Waals surface area (Å²) in [4.78, 5) is 1.95. The van der Waals surface area contributed by atoms with Crippen molar-refractivity contribution in [2.45, 2.75) is 10.8 Å². The third kappa shape index (κ3) is 4.92. The van der Waals surface area contributed by atoms with Gasteiger partial charge in [-0.05, 0) is 17.7 Å². The Bertz CT molecular complexity index is 604. The Balaban J connectivity index is 1.72. The van der Waals surface area contributed by atoms with Crippen molar-refractivity contribution in [3.8, 4) is 11.8 Å². The number of anilines is 1. The number of nitriles is 1. The monoisotopic (exact) mass is 320 g/mol. The topological polar surface area (TPSA) is 62.0 Å². The van der Waals surface area contributed by atoms with Crippen LogP contribution in [0.15, 0.2) is 28.6 Å². The molecule has 1 aromatic heterocycles. The zero-order valence-corrected chi connectivity index (χ0v) is 13.6. The van der Waals surface area contributed by atoms with Gasteiger partial charge in [-0.1, -0.05) is 35.2 Å². The quantitative estimate of drug-likeness (QED) is 0.577. The van der Waals surface area contributed by atoms with Gasteiger partial charge in [0.15, 0.2) is 4.34 Å². The average Bonchev–Trinajstić information content (AvgIpc) is 2.95. The van der Waals surface area contributed by atoms with Gasteiger partial charge in [-0.3, -0.25) is 0 Å². The van der Waals surface area contributed by atoms with Crippen LogP contribution in [0, 0.1) is 11.3 Å². The Hall–Kier alpha value is -1.78. The molecular formula is C14H16N4OS2. The summed E-state index contributed by atoms with van der Waals surface area (Å²) in [5.41, 5.74) is 1.00. The summed E-state index contributed by atoms with van der Waals surface area (Å²) in [6.45, 7) is 0.610. The van der Waals surface area contributed by atoms with E-state index >= 15 is 0 Å². The normalized spacial score (nSPS) is 10.1. The third-order valence-electron chi connectivity index (χ3n) is 2.56. The van der Waals surface area contributed by atoms with Crippen molar-refractivity contribution >= 4 is 28.2 Å². The number of aromatic nitrogens is 2. The van der Waals surface area contributed by atoms with E-state index in [1.807, 2.05) is 43.3 Å². The molecule has 0 saturated heterocycles. The first-order valence-electron chi connectivity index (χ1n) is 6.41. The maximum atomic E-state index is 8.61. The summed E-state index contributed by atoms with van der Waals surface area (Å²) < 4.78 is 6.61. The predicted molar refractivity (Wildman–Crippen MR) is 86.2 cm³/mol. The molecule has 0 bridgehead atoms. The number of benzene rings is 1. The van der Waals surface area contributed by atoms with Gasteiger partial charge in [-0.25, -0.2) is 0 Å². The van der Waals surface area contributed by atoms with Gasteiger partial charge in [0.05, 0.1) is 19.1 Å². The van der Waals surface area contributed by atoms with Crippen molar-refractivity contribution in [1.82, 2.24) is 10.2 Å². The van der Waals surface area contributed by atoms with Crippen LogP contribution < -0.4 is 9.64 Å². The van der Waals surface area contributed by atoms with Crippen LogP contribution in [0.5, 0.6) is 5.75 Å². The summed E-state index contributed by atoms with van der Waals surface area (Å²) in [6.07, 6.45) is 0.432. The number of thioether (sulfide) groups is 1. The van der Waals surface area contributed by atoms with Crippen LogP contribution in [0.1, 0.15) is 5.56 Å². The molecule has 1 aromatic carbocycles. The highest BCUT2D eigenvalue weighted by molar-refractivity contribution is 8.01. The Morgan fingerprint density at radius 3 is 2.67 bits per heavy atom. The van der Waals surface area contributed by atoms with Crippen molar-refractivity contribution in [2.75, 3.05) is 31.4 Å². The van der Waals surface area contributed by atoms with Crippen LogP contribution in [0.25, 0.3) is 0 Å². The zero-order chi connectivity index (χ0) is 15.1. The van der Waals surface area contributed by atoms with E-state index < -0.39 is 0 Å². The molecule has 0 saturated carbocycles. The molecule has 0 aliphatic carbocycles. The summed E-state index contributed by atoms with van der Waals surface area (Å²) in [7, 11) is 3.90. The Morgan fingerprint density at radius 1 is 1.29 bits per heavy atom. The van der Waals surface area contributed by atoms with Crippen molar-refractivity contribution in [2.24, 2.45) is 0 Å². The number of nitrogens with zero attached hydrogens (tertiary/aromatic N) is 4. The Labute approximate surface area is 132 Å². The standard InChI is InChI=1S/C14H16N4OS2/c1-18(2)13-16-17-14(21-13)20-10-9-19-12-5-3-11(4-6-12)7-8-15/h3-6H,7,9-10H2,1-2H3. The Kier molecular flexibility index (Phi) is 5.84. The van der Waals surface area contributed by atoms with Crippen LogP contribution in [0.2, 0.25) is 0 Å². The molecular weight excluding hydrogens is 304 g/mol. The largest absolute Gasteiger partial charge is 0.493 e. The average molecular weight is 320 g/mol. The minimum absolute atomic E-state index is 0.432. The molecule has 7 heteroatoms. The van der Waals surface area contributed by atoms with Crippen LogP contribution >= 0.6 is 23.1 Å². The molecule has 0 fully saturated rings. The first kappa shape index (κ1) is 15.6. The maximum Gasteiger partial charge on any atom is 0.208 e. The van der Waals surface area contributed by atoms with E-state index in [4.69, 9.17) is 10.00 Å². The molecule has 0 radical (unpaired) electrons. The molecule has 2 rings (SSSR count). The van der Waals surface area contributed by atoms with Gasteiger partial charge < -0.3 is 9.64 Å². The molecule has 0 unspecified atom stereocenters. The van der Waals surface area contributed by atoms with Crippen LogP contribution in [-0.4, -0.2) is 36.7 Å². The minimum Gasteiger partial charge on any atom is -0.493 e. The lowest BCUT2D eigenvalue weighted by molar-refractivity contribution is 0.344. The van der Waals surface area contributed by atoms with E-state index in [2.05, 4.69) is 16.3 Å². The first-order valence-corrected chi connectivity index (χ1v) is 8.21. The molecule has 2 aromatic rings. The molecule has 21 heavy (non-hydrogen) atoms. The fourth-order valence-electron chi connectivity index (χ4n) is 1.52. The predicted octanol–water partition coefficient (Wildman–Crippen LogP) is 2.84. The number of rotatable bonds is 7. The number of hydrogen-bond donors (Lipinski definition) is 0. The van der Waals surface area contributed by atoms with Gasteiger partial charge in [0, 0.05) is 19.8 Å². The molecule has 0 aliphatic rings. The highest BCUT2D eigenvalue weighted by atomic mass is 32.2. The van der Waals surface area contributed by atoms with Crippen molar-refractivity contribution < 1.29 is 4.74 Å². The highest BCUT2D eigenvalue weighted by Gasteiger charge is 2.06. The van der Waals surface area contributed by atoms with Gasteiger partial charge >= 0.3 is 0 Å². The minimum atomic E-state index is 0.432. The fourth-order valence-corrected chi connectivity index (χ4v) is 3.18. The third-order valence-corrected chi connectivity index (χ3v) is 4.75. The molecule has 1 heterocycles. The SMILES string of the molecule is CN(C)c1nnc(SCCOc2ccc(CC#N)cc2)s1. The zero-order valence-electron chi connectivity index (χ0n) is 11.9. The van der Waals surface area contributed by atoms with E-state index in [1.165, 1.54) is 0 Å². The van der Waals surface area contributed by atoms with Crippen LogP contribution in [0.4, 0.5) is 5.13 Å². The van der Waals surface area contributed by atoms with Crippen molar-refractivity contribution in [1.29, 1.82) is 5.26 Å². The molecule has 0 N–H and O–H groups in total. The van der Waals surface area contributed by atoms with Crippen molar-refractivity contribution in [3.05, 3.63) is 29.8 Å². The fraction of sp³-hybridized carbons (Fsp3) is 0.357. The van der Waals surface area contributed by atoms with Gasteiger partial charge in [0.2, 0.25) is 5.13 Å².